The number of rotatable bonds is 5. The molecule has 2 N–H and O–H groups in total. The molecule has 0 saturated heterocycles. The summed E-state index contributed by atoms with van der Waals surface area (Å²) in [6.07, 6.45) is 0.623. The fourth-order valence-corrected chi connectivity index (χ4v) is 3.98. The van der Waals surface area contributed by atoms with Crippen LogP contribution in [0.4, 0.5) is 16.2 Å². The van der Waals surface area contributed by atoms with E-state index in [4.69, 9.17) is 4.74 Å². The summed E-state index contributed by atoms with van der Waals surface area (Å²) in [4.78, 5) is 13.9. The molecule has 0 spiro atoms. The van der Waals surface area contributed by atoms with Crippen molar-refractivity contribution in [3.63, 3.8) is 0 Å². The van der Waals surface area contributed by atoms with Crippen molar-refractivity contribution in [2.75, 3.05) is 29.8 Å². The molecule has 0 unspecified atom stereocenters. The van der Waals surface area contributed by atoms with Gasteiger partial charge in [0.05, 0.1) is 12.0 Å². The number of hydrogen-bond donors (Lipinski definition) is 2. The third-order valence-corrected chi connectivity index (χ3v) is 5.55. The Morgan fingerprint density at radius 3 is 2.58 bits per heavy atom. The van der Waals surface area contributed by atoms with Crippen molar-refractivity contribution in [1.82, 2.24) is 5.32 Å². The number of sulfonamides is 1. The lowest BCUT2D eigenvalue weighted by molar-refractivity contribution is 0.247. The highest BCUT2D eigenvalue weighted by molar-refractivity contribution is 7.92. The monoisotopic (exact) mass is 375 g/mol. The smallest absolute Gasteiger partial charge is 0.321 e. The van der Waals surface area contributed by atoms with Crippen LogP contribution in [0, 0.1) is 0 Å². The number of carbonyl (C=O) groups is 1. The van der Waals surface area contributed by atoms with E-state index in [1.807, 2.05) is 6.92 Å². The minimum Gasteiger partial charge on any atom is -0.497 e. The van der Waals surface area contributed by atoms with Crippen molar-refractivity contribution in [1.29, 1.82) is 0 Å². The van der Waals surface area contributed by atoms with Gasteiger partial charge in [0.2, 0.25) is 0 Å². The Bertz CT molecular complexity index is 911. The fraction of sp³-hybridized carbons (Fsp3) is 0.278. The van der Waals surface area contributed by atoms with Crippen LogP contribution < -0.4 is 19.7 Å². The highest BCUT2D eigenvalue weighted by atomic mass is 32.2. The first-order valence-electron chi connectivity index (χ1n) is 8.30. The van der Waals surface area contributed by atoms with E-state index in [1.54, 1.807) is 48.4 Å². The Labute approximate surface area is 153 Å². The number of urea groups is 1. The molecule has 1 aliphatic heterocycles. The van der Waals surface area contributed by atoms with Gasteiger partial charge in [-0.3, -0.25) is 9.62 Å². The first-order chi connectivity index (χ1) is 12.4. The van der Waals surface area contributed by atoms with Crippen LogP contribution in [0.5, 0.6) is 5.75 Å². The summed E-state index contributed by atoms with van der Waals surface area (Å²) in [5, 5.41) is 2.76. The lowest BCUT2D eigenvalue weighted by Gasteiger charge is -2.17. The zero-order valence-electron chi connectivity index (χ0n) is 14.7. The maximum Gasteiger partial charge on any atom is 0.321 e. The summed E-state index contributed by atoms with van der Waals surface area (Å²) in [6, 6.07) is 11.3. The number of methoxy groups -OCH3 is 1. The predicted octanol–water partition coefficient (Wildman–Crippen LogP) is 2.59. The largest absolute Gasteiger partial charge is 0.497 e. The van der Waals surface area contributed by atoms with Gasteiger partial charge < -0.3 is 10.1 Å². The molecule has 0 aliphatic carbocycles. The molecule has 0 fully saturated rings. The molecule has 2 aromatic carbocycles. The van der Waals surface area contributed by atoms with E-state index in [1.165, 1.54) is 6.07 Å². The zero-order valence-corrected chi connectivity index (χ0v) is 15.5. The highest BCUT2D eigenvalue weighted by Gasteiger charge is 2.26. The van der Waals surface area contributed by atoms with E-state index in [0.29, 0.717) is 30.9 Å². The fourth-order valence-electron chi connectivity index (χ4n) is 2.88. The van der Waals surface area contributed by atoms with Crippen LogP contribution in [0.25, 0.3) is 0 Å². The van der Waals surface area contributed by atoms with Gasteiger partial charge in [0.1, 0.15) is 5.75 Å². The van der Waals surface area contributed by atoms with E-state index in [-0.39, 0.29) is 10.9 Å². The SMILES string of the molecule is CCNC(=O)N1CCc2cc(S(=O)(=O)Nc3ccc(OC)cc3)ccc21. The summed E-state index contributed by atoms with van der Waals surface area (Å²) in [7, 11) is -2.16. The number of fused-ring (bicyclic) bond motifs is 1. The second kappa shape index (κ2) is 7.25. The molecule has 8 heteroatoms. The maximum atomic E-state index is 12.6. The number of amides is 2. The van der Waals surface area contributed by atoms with Gasteiger partial charge in [0.25, 0.3) is 10.0 Å². The van der Waals surface area contributed by atoms with Crippen molar-refractivity contribution in [2.45, 2.75) is 18.2 Å². The van der Waals surface area contributed by atoms with Gasteiger partial charge in [-0.05, 0) is 61.4 Å². The molecule has 3 rings (SSSR count). The second-order valence-corrected chi connectivity index (χ2v) is 7.54. The minimum absolute atomic E-state index is 0.168. The summed E-state index contributed by atoms with van der Waals surface area (Å²) in [6.45, 7) is 2.94. The molecule has 2 aromatic rings. The van der Waals surface area contributed by atoms with E-state index in [9.17, 15) is 13.2 Å². The van der Waals surface area contributed by atoms with Crippen LogP contribution in [0.2, 0.25) is 0 Å². The Morgan fingerprint density at radius 2 is 1.92 bits per heavy atom. The summed E-state index contributed by atoms with van der Waals surface area (Å²) in [5.74, 6) is 0.649. The van der Waals surface area contributed by atoms with Gasteiger partial charge in [0, 0.05) is 24.5 Å². The van der Waals surface area contributed by atoms with Crippen LogP contribution in [0.1, 0.15) is 12.5 Å². The number of anilines is 2. The first-order valence-corrected chi connectivity index (χ1v) is 9.78. The third-order valence-electron chi connectivity index (χ3n) is 4.17. The van der Waals surface area contributed by atoms with Crippen LogP contribution in [0.15, 0.2) is 47.4 Å². The Morgan fingerprint density at radius 1 is 1.19 bits per heavy atom. The molecule has 7 nitrogen and oxygen atoms in total. The summed E-state index contributed by atoms with van der Waals surface area (Å²) < 4.78 is 32.9. The highest BCUT2D eigenvalue weighted by Crippen LogP contribution is 2.31. The van der Waals surface area contributed by atoms with Crippen molar-refractivity contribution in [2.24, 2.45) is 0 Å². The van der Waals surface area contributed by atoms with Crippen molar-refractivity contribution < 1.29 is 17.9 Å². The van der Waals surface area contributed by atoms with Crippen LogP contribution >= 0.6 is 0 Å². The van der Waals surface area contributed by atoms with Gasteiger partial charge >= 0.3 is 6.03 Å². The number of nitrogens with zero attached hydrogens (tertiary/aromatic N) is 1. The summed E-state index contributed by atoms with van der Waals surface area (Å²) in [5.41, 5.74) is 2.04. The molecular formula is C18H21N3O4S. The molecule has 26 heavy (non-hydrogen) atoms. The molecule has 138 valence electrons. The van der Waals surface area contributed by atoms with Crippen LogP contribution in [-0.2, 0) is 16.4 Å². The van der Waals surface area contributed by atoms with Gasteiger partial charge in [-0.25, -0.2) is 13.2 Å². The Kier molecular flexibility index (Phi) is 5.03. The lowest BCUT2D eigenvalue weighted by atomic mass is 10.2. The predicted molar refractivity (Wildman–Crippen MR) is 100 cm³/mol. The Hall–Kier alpha value is -2.74. The van der Waals surface area contributed by atoms with E-state index < -0.39 is 10.0 Å². The van der Waals surface area contributed by atoms with Gasteiger partial charge in [0.15, 0.2) is 0 Å². The molecule has 1 heterocycles. The Balaban J connectivity index is 1.82. The van der Waals surface area contributed by atoms with E-state index in [2.05, 4.69) is 10.0 Å². The maximum absolute atomic E-state index is 12.6. The standard InChI is InChI=1S/C18H21N3O4S/c1-3-19-18(22)21-11-10-13-12-16(8-9-17(13)21)26(23,24)20-14-4-6-15(25-2)7-5-14/h4-9,12,20H,3,10-11H2,1-2H3,(H,19,22). The average molecular weight is 375 g/mol. The molecule has 0 radical (unpaired) electrons. The molecule has 2 amide bonds. The van der Waals surface area contributed by atoms with E-state index >= 15 is 0 Å². The molecule has 0 aromatic heterocycles. The number of carbonyl (C=O) groups excluding carboxylic acids is 1. The van der Waals surface area contributed by atoms with Gasteiger partial charge in [-0.2, -0.15) is 0 Å². The quantitative estimate of drug-likeness (QED) is 0.841. The number of ether oxygens (including phenoxy) is 1. The normalized spacial score (nSPS) is 13.2. The zero-order chi connectivity index (χ0) is 18.7. The minimum atomic E-state index is -3.71. The van der Waals surface area contributed by atoms with Crippen LogP contribution in [0.3, 0.4) is 0 Å². The topological polar surface area (TPSA) is 87.7 Å². The number of benzene rings is 2. The van der Waals surface area contributed by atoms with Crippen molar-refractivity contribution >= 4 is 27.4 Å². The number of nitrogens with one attached hydrogen (secondary N) is 2. The molecular weight excluding hydrogens is 354 g/mol. The molecule has 1 aliphatic rings. The molecule has 0 atom stereocenters. The average Bonchev–Trinajstić information content (AvgIpc) is 3.05. The third kappa shape index (κ3) is 3.60. The first kappa shape index (κ1) is 18.1. The van der Waals surface area contributed by atoms with Crippen LogP contribution in [-0.4, -0.2) is 34.6 Å². The van der Waals surface area contributed by atoms with Crippen molar-refractivity contribution in [3.8, 4) is 5.75 Å². The van der Waals surface area contributed by atoms with Gasteiger partial charge in [-0.1, -0.05) is 0 Å². The molecule has 0 saturated carbocycles. The van der Waals surface area contributed by atoms with E-state index in [0.717, 1.165) is 11.3 Å². The summed E-state index contributed by atoms with van der Waals surface area (Å²) >= 11 is 0. The number of hydrogen-bond acceptors (Lipinski definition) is 4. The second-order valence-electron chi connectivity index (χ2n) is 5.86. The van der Waals surface area contributed by atoms with Gasteiger partial charge in [-0.15, -0.1) is 0 Å². The lowest BCUT2D eigenvalue weighted by Crippen LogP contribution is -2.38. The van der Waals surface area contributed by atoms with Crippen molar-refractivity contribution in [3.05, 3.63) is 48.0 Å². The molecule has 0 bridgehead atoms.